The Morgan fingerprint density at radius 2 is 1.66 bits per heavy atom. The molecular formula is C18H8Cl2F7N3O2. The molecule has 0 saturated heterocycles. The Morgan fingerprint density at radius 1 is 1.03 bits per heavy atom. The summed E-state index contributed by atoms with van der Waals surface area (Å²) in [5.74, 6) is -11.4. The predicted octanol–water partition coefficient (Wildman–Crippen LogP) is 6.05. The molecule has 14 heteroatoms. The first kappa shape index (κ1) is 23.7. The fourth-order valence-electron chi connectivity index (χ4n) is 2.45. The molecule has 1 heterocycles. The average Bonchev–Trinajstić information content (AvgIpc) is 3.19. The number of benzene rings is 2. The molecule has 3 aromatic rings. The lowest BCUT2D eigenvalue weighted by atomic mass is 10.1. The minimum atomic E-state index is -5.71. The van der Waals surface area contributed by atoms with Crippen LogP contribution in [0, 0.1) is 23.3 Å². The van der Waals surface area contributed by atoms with Gasteiger partial charge in [-0.05, 0) is 18.2 Å². The minimum absolute atomic E-state index is 0.108. The molecule has 0 saturated carbocycles. The van der Waals surface area contributed by atoms with Crippen LogP contribution in [0.1, 0.15) is 16.1 Å². The second-order valence-electron chi connectivity index (χ2n) is 6.02. The SMILES string of the molecule is O=C(Nc1c(F)c(F)c(C(F)(F)F)c(F)c1F)c1ccn(COc2cccc(Cl)c2Cl)n1. The van der Waals surface area contributed by atoms with Crippen molar-refractivity contribution < 1.29 is 40.3 Å². The number of anilines is 1. The van der Waals surface area contributed by atoms with Gasteiger partial charge in [0.05, 0.1) is 5.02 Å². The van der Waals surface area contributed by atoms with Gasteiger partial charge in [-0.3, -0.25) is 4.79 Å². The normalized spacial score (nSPS) is 11.5. The third-order valence-electron chi connectivity index (χ3n) is 3.93. The van der Waals surface area contributed by atoms with Gasteiger partial charge in [-0.1, -0.05) is 29.3 Å². The number of nitrogens with zero attached hydrogens (tertiary/aromatic N) is 2. The lowest BCUT2D eigenvalue weighted by Gasteiger charge is -2.14. The van der Waals surface area contributed by atoms with E-state index in [-0.39, 0.29) is 22.5 Å². The maximum Gasteiger partial charge on any atom is 0.422 e. The molecule has 2 aromatic carbocycles. The van der Waals surface area contributed by atoms with Crippen LogP contribution in [0.2, 0.25) is 10.0 Å². The van der Waals surface area contributed by atoms with E-state index in [2.05, 4.69) is 5.10 Å². The number of ether oxygens (including phenoxy) is 1. The molecule has 1 N–H and O–H groups in total. The minimum Gasteiger partial charge on any atom is -0.470 e. The topological polar surface area (TPSA) is 56.2 Å². The van der Waals surface area contributed by atoms with Gasteiger partial charge in [0, 0.05) is 6.20 Å². The Labute approximate surface area is 184 Å². The van der Waals surface area contributed by atoms with Crippen LogP contribution in [-0.4, -0.2) is 15.7 Å². The van der Waals surface area contributed by atoms with Crippen LogP contribution in [0.4, 0.5) is 36.4 Å². The Morgan fingerprint density at radius 3 is 2.25 bits per heavy atom. The van der Waals surface area contributed by atoms with Crippen molar-refractivity contribution in [2.24, 2.45) is 0 Å². The van der Waals surface area contributed by atoms with Crippen molar-refractivity contribution in [3.05, 3.63) is 75.0 Å². The van der Waals surface area contributed by atoms with Crippen molar-refractivity contribution in [2.45, 2.75) is 12.9 Å². The Kier molecular flexibility index (Phi) is 6.56. The summed E-state index contributed by atoms with van der Waals surface area (Å²) in [7, 11) is 0. The molecule has 1 amide bonds. The van der Waals surface area contributed by atoms with Crippen LogP contribution in [0.25, 0.3) is 0 Å². The van der Waals surface area contributed by atoms with Gasteiger partial charge in [-0.2, -0.15) is 18.3 Å². The number of amides is 1. The van der Waals surface area contributed by atoms with Gasteiger partial charge in [0.25, 0.3) is 5.91 Å². The Bertz CT molecular complexity index is 1170. The molecule has 0 aliphatic carbocycles. The maximum absolute atomic E-state index is 13.9. The fraction of sp³-hybridized carbons (Fsp3) is 0.111. The van der Waals surface area contributed by atoms with Crippen LogP contribution < -0.4 is 10.1 Å². The van der Waals surface area contributed by atoms with Gasteiger partial charge >= 0.3 is 6.18 Å². The number of carbonyl (C=O) groups excluding carboxylic acids is 1. The zero-order valence-electron chi connectivity index (χ0n) is 15.2. The van der Waals surface area contributed by atoms with Crippen molar-refractivity contribution in [1.82, 2.24) is 9.78 Å². The molecule has 0 aliphatic heterocycles. The van der Waals surface area contributed by atoms with Crippen molar-refractivity contribution in [1.29, 1.82) is 0 Å². The standard InChI is InChI=1S/C18H8Cl2F7N3O2/c19-7-2-1-3-9(11(7)20)32-6-30-5-4-8(29-30)17(31)28-16-14(23)12(21)10(18(25,26)27)13(22)15(16)24/h1-5H,6H2,(H,28,31). The molecule has 5 nitrogen and oxygen atoms in total. The van der Waals surface area contributed by atoms with Gasteiger partial charge in [-0.15, -0.1) is 0 Å². The number of carbonyl (C=O) groups is 1. The summed E-state index contributed by atoms with van der Waals surface area (Å²) in [6.45, 7) is -0.292. The quantitative estimate of drug-likeness (QED) is 0.341. The van der Waals surface area contributed by atoms with Crippen LogP contribution in [0.3, 0.4) is 0 Å². The predicted molar refractivity (Wildman–Crippen MR) is 98.5 cm³/mol. The van der Waals surface area contributed by atoms with Gasteiger partial charge in [0.1, 0.15) is 22.0 Å². The number of nitrogens with one attached hydrogen (secondary N) is 1. The number of hydrogen-bond acceptors (Lipinski definition) is 3. The number of halogens is 9. The van der Waals surface area contributed by atoms with Crippen LogP contribution in [-0.2, 0) is 12.9 Å². The first-order valence-corrected chi connectivity index (χ1v) is 9.02. The molecule has 0 unspecified atom stereocenters. The van der Waals surface area contributed by atoms with E-state index in [9.17, 15) is 35.5 Å². The molecule has 32 heavy (non-hydrogen) atoms. The molecule has 3 rings (SSSR count). The van der Waals surface area contributed by atoms with E-state index in [1.54, 1.807) is 6.07 Å². The van der Waals surface area contributed by atoms with E-state index < -0.39 is 52.3 Å². The summed E-state index contributed by atoms with van der Waals surface area (Å²) in [5.41, 5.74) is -4.99. The van der Waals surface area contributed by atoms with E-state index >= 15 is 0 Å². The molecule has 0 spiro atoms. The van der Waals surface area contributed by atoms with Gasteiger partial charge < -0.3 is 10.1 Å². The van der Waals surface area contributed by atoms with E-state index in [0.717, 1.165) is 10.7 Å². The monoisotopic (exact) mass is 501 g/mol. The van der Waals surface area contributed by atoms with E-state index in [0.29, 0.717) is 0 Å². The highest BCUT2D eigenvalue weighted by Gasteiger charge is 2.42. The second kappa shape index (κ2) is 8.87. The van der Waals surface area contributed by atoms with Crippen LogP contribution >= 0.6 is 23.2 Å². The van der Waals surface area contributed by atoms with Gasteiger partial charge in [0.15, 0.2) is 35.7 Å². The summed E-state index contributed by atoms with van der Waals surface area (Å²) >= 11 is 11.8. The zero-order chi connectivity index (χ0) is 23.8. The van der Waals surface area contributed by atoms with Gasteiger partial charge in [-0.25, -0.2) is 22.2 Å². The first-order valence-electron chi connectivity index (χ1n) is 8.26. The Balaban J connectivity index is 1.79. The summed E-state index contributed by atoms with van der Waals surface area (Å²) in [6, 6.07) is 5.60. The molecule has 0 fully saturated rings. The number of rotatable bonds is 5. The summed E-state index contributed by atoms with van der Waals surface area (Å²) < 4.78 is 99.5. The van der Waals surface area contributed by atoms with E-state index in [1.165, 1.54) is 23.6 Å². The summed E-state index contributed by atoms with van der Waals surface area (Å²) in [5, 5.41) is 5.51. The molecule has 0 bridgehead atoms. The van der Waals surface area contributed by atoms with Crippen LogP contribution in [0.5, 0.6) is 5.75 Å². The molecule has 0 atom stereocenters. The maximum atomic E-state index is 13.9. The summed E-state index contributed by atoms with van der Waals surface area (Å²) in [4.78, 5) is 12.1. The third-order valence-corrected chi connectivity index (χ3v) is 4.73. The first-order chi connectivity index (χ1) is 14.9. The highest BCUT2D eigenvalue weighted by molar-refractivity contribution is 6.42. The van der Waals surface area contributed by atoms with E-state index in [4.69, 9.17) is 27.9 Å². The number of aromatic nitrogens is 2. The van der Waals surface area contributed by atoms with Gasteiger partial charge in [0.2, 0.25) is 0 Å². The lowest BCUT2D eigenvalue weighted by molar-refractivity contribution is -0.143. The zero-order valence-corrected chi connectivity index (χ0v) is 16.7. The molecule has 1 aromatic heterocycles. The lowest BCUT2D eigenvalue weighted by Crippen LogP contribution is -2.21. The van der Waals surface area contributed by atoms with E-state index in [1.807, 2.05) is 0 Å². The Hall–Kier alpha value is -2.99. The highest BCUT2D eigenvalue weighted by Crippen LogP contribution is 2.38. The molecular weight excluding hydrogens is 494 g/mol. The van der Waals surface area contributed by atoms with Crippen molar-refractivity contribution in [3.63, 3.8) is 0 Å². The largest absolute Gasteiger partial charge is 0.470 e. The highest BCUT2D eigenvalue weighted by atomic mass is 35.5. The van der Waals surface area contributed by atoms with Crippen molar-refractivity contribution >= 4 is 34.8 Å². The van der Waals surface area contributed by atoms with Crippen molar-refractivity contribution in [2.75, 3.05) is 5.32 Å². The number of hydrogen-bond donors (Lipinski definition) is 1. The average molecular weight is 502 g/mol. The smallest absolute Gasteiger partial charge is 0.422 e. The molecule has 0 radical (unpaired) electrons. The van der Waals surface area contributed by atoms with Crippen molar-refractivity contribution in [3.8, 4) is 5.75 Å². The fourth-order valence-corrected chi connectivity index (χ4v) is 2.80. The summed E-state index contributed by atoms with van der Waals surface area (Å²) in [6.07, 6.45) is -4.50. The molecule has 0 aliphatic rings. The second-order valence-corrected chi connectivity index (χ2v) is 6.81. The third kappa shape index (κ3) is 4.60. The molecule has 170 valence electrons. The van der Waals surface area contributed by atoms with Crippen LogP contribution in [0.15, 0.2) is 30.5 Å². The number of alkyl halides is 3.